The second kappa shape index (κ2) is 12.7. The molecular weight excluding hydrogens is 705 g/mol. The van der Waals surface area contributed by atoms with Crippen molar-refractivity contribution in [2.75, 3.05) is 9.80 Å². The van der Waals surface area contributed by atoms with Crippen LogP contribution in [0.3, 0.4) is 0 Å². The van der Waals surface area contributed by atoms with Gasteiger partial charge in [0.2, 0.25) is 0 Å². The van der Waals surface area contributed by atoms with Gasteiger partial charge in [-0.1, -0.05) is 158 Å². The number of para-hydroxylation sites is 4. The first-order chi connectivity index (χ1) is 28.8. The van der Waals surface area contributed by atoms with Crippen LogP contribution >= 0.6 is 0 Å². The van der Waals surface area contributed by atoms with Crippen LogP contribution in [0.5, 0.6) is 0 Å². The standard InChI is InChI=1S/C55H36N2O/c1-3-16-37(17-4-1)39-30-33-41(34-31-39)56-47-24-11-8-21-43(47)55(46-36-40(32-35-50(46)56)38-18-5-2-6-19-38)44-22-9-12-25-48(44)57(49-26-13-10-23-45(49)55)51-27-15-29-53-54(51)42-20-7-14-28-52(42)58-53/h1-36H. The normalized spacial score (nSPS) is 13.6. The highest BCUT2D eigenvalue weighted by Crippen LogP contribution is 2.64. The number of furan rings is 1. The van der Waals surface area contributed by atoms with Crippen LogP contribution in [0.1, 0.15) is 22.3 Å². The van der Waals surface area contributed by atoms with Crippen molar-refractivity contribution in [3.05, 3.63) is 241 Å². The van der Waals surface area contributed by atoms with Gasteiger partial charge in [-0.2, -0.15) is 0 Å². The minimum absolute atomic E-state index is 0.659. The lowest BCUT2D eigenvalue weighted by molar-refractivity contribution is 0.669. The largest absolute Gasteiger partial charge is 0.456 e. The van der Waals surface area contributed by atoms with Crippen molar-refractivity contribution in [3.8, 4) is 22.3 Å². The van der Waals surface area contributed by atoms with Crippen molar-refractivity contribution >= 4 is 56.1 Å². The molecule has 12 rings (SSSR count). The summed E-state index contributed by atoms with van der Waals surface area (Å²) < 4.78 is 6.47. The van der Waals surface area contributed by atoms with E-state index < -0.39 is 5.41 Å². The van der Waals surface area contributed by atoms with Crippen molar-refractivity contribution in [2.24, 2.45) is 0 Å². The SMILES string of the molecule is c1ccc(-c2ccc(N3c4ccccc4C4(c5cc(-c6ccccc6)ccc53)c3ccccc3N(c3cccc5oc6ccccc6c35)c3ccccc34)cc2)cc1. The molecule has 0 bridgehead atoms. The number of hydrogen-bond donors (Lipinski definition) is 0. The first-order valence-electron chi connectivity index (χ1n) is 19.9. The molecule has 0 fully saturated rings. The minimum Gasteiger partial charge on any atom is -0.456 e. The van der Waals surface area contributed by atoms with E-state index in [2.05, 4.69) is 222 Å². The summed E-state index contributed by atoms with van der Waals surface area (Å²) in [4.78, 5) is 4.94. The molecule has 0 atom stereocenters. The van der Waals surface area contributed by atoms with E-state index in [1.165, 1.54) is 44.5 Å². The number of fused-ring (bicyclic) bond motifs is 11. The monoisotopic (exact) mass is 740 g/mol. The molecule has 10 aromatic rings. The van der Waals surface area contributed by atoms with Crippen molar-refractivity contribution < 1.29 is 4.42 Å². The molecule has 0 radical (unpaired) electrons. The second-order valence-corrected chi connectivity index (χ2v) is 15.2. The molecular formula is C55H36N2O. The van der Waals surface area contributed by atoms with Gasteiger partial charge in [0, 0.05) is 11.1 Å². The molecule has 1 spiro atoms. The van der Waals surface area contributed by atoms with Crippen molar-refractivity contribution in [1.82, 2.24) is 0 Å². The Balaban J connectivity index is 1.16. The molecule has 1 aromatic heterocycles. The van der Waals surface area contributed by atoms with Crippen LogP contribution in [0.2, 0.25) is 0 Å². The van der Waals surface area contributed by atoms with Gasteiger partial charge in [0.25, 0.3) is 0 Å². The maximum absolute atomic E-state index is 6.47. The van der Waals surface area contributed by atoms with Crippen LogP contribution < -0.4 is 9.80 Å². The number of nitrogens with zero attached hydrogens (tertiary/aromatic N) is 2. The van der Waals surface area contributed by atoms with Crippen LogP contribution in [0, 0.1) is 0 Å². The Morgan fingerprint density at radius 1 is 0.310 bits per heavy atom. The summed E-state index contributed by atoms with van der Waals surface area (Å²) in [6.45, 7) is 0. The minimum atomic E-state index is -0.659. The van der Waals surface area contributed by atoms with Crippen molar-refractivity contribution in [1.29, 1.82) is 0 Å². The highest BCUT2D eigenvalue weighted by Gasteiger charge is 2.52. The van der Waals surface area contributed by atoms with E-state index in [1.54, 1.807) is 0 Å². The summed E-state index contributed by atoms with van der Waals surface area (Å²) in [6.07, 6.45) is 0. The third-order valence-corrected chi connectivity index (χ3v) is 12.2. The van der Waals surface area contributed by atoms with Gasteiger partial charge in [-0.3, -0.25) is 0 Å². The summed E-state index contributed by atoms with van der Waals surface area (Å²) in [5.41, 5.74) is 17.7. The summed E-state index contributed by atoms with van der Waals surface area (Å²) in [5, 5.41) is 2.22. The Morgan fingerprint density at radius 2 is 0.776 bits per heavy atom. The van der Waals surface area contributed by atoms with Gasteiger partial charge in [-0.25, -0.2) is 0 Å². The van der Waals surface area contributed by atoms with Crippen LogP contribution in [-0.4, -0.2) is 0 Å². The van der Waals surface area contributed by atoms with Gasteiger partial charge in [-0.15, -0.1) is 0 Å². The Morgan fingerprint density at radius 3 is 1.43 bits per heavy atom. The zero-order chi connectivity index (χ0) is 38.2. The summed E-state index contributed by atoms with van der Waals surface area (Å²) >= 11 is 0. The van der Waals surface area contributed by atoms with Gasteiger partial charge in [-0.05, 0) is 105 Å². The predicted octanol–water partition coefficient (Wildman–Crippen LogP) is 14.9. The van der Waals surface area contributed by atoms with Crippen LogP contribution in [0.4, 0.5) is 34.1 Å². The van der Waals surface area contributed by atoms with E-state index in [-0.39, 0.29) is 0 Å². The predicted molar refractivity (Wildman–Crippen MR) is 239 cm³/mol. The maximum atomic E-state index is 6.47. The molecule has 58 heavy (non-hydrogen) atoms. The third-order valence-electron chi connectivity index (χ3n) is 12.2. The molecule has 0 aliphatic carbocycles. The van der Waals surface area contributed by atoms with Gasteiger partial charge >= 0.3 is 0 Å². The smallest absolute Gasteiger partial charge is 0.137 e. The molecule has 3 heterocycles. The highest BCUT2D eigenvalue weighted by molar-refractivity contribution is 6.14. The molecule has 3 heteroatoms. The fraction of sp³-hybridized carbons (Fsp3) is 0.0182. The molecule has 2 aliphatic rings. The van der Waals surface area contributed by atoms with E-state index in [9.17, 15) is 0 Å². The first-order valence-corrected chi connectivity index (χ1v) is 19.9. The first kappa shape index (κ1) is 32.6. The molecule has 0 N–H and O–H groups in total. The average molecular weight is 741 g/mol. The van der Waals surface area contributed by atoms with E-state index in [1.807, 2.05) is 6.07 Å². The van der Waals surface area contributed by atoms with E-state index in [0.29, 0.717) is 0 Å². The molecule has 3 nitrogen and oxygen atoms in total. The number of hydrogen-bond acceptors (Lipinski definition) is 3. The van der Waals surface area contributed by atoms with Gasteiger partial charge in [0.1, 0.15) is 11.2 Å². The number of anilines is 6. The summed E-state index contributed by atoms with van der Waals surface area (Å²) in [7, 11) is 0. The summed E-state index contributed by atoms with van der Waals surface area (Å²) in [5.74, 6) is 0. The van der Waals surface area contributed by atoms with Crippen LogP contribution in [0.25, 0.3) is 44.2 Å². The third kappa shape index (κ3) is 4.62. The Bertz CT molecular complexity index is 3140. The van der Waals surface area contributed by atoms with E-state index in [4.69, 9.17) is 4.42 Å². The maximum Gasteiger partial charge on any atom is 0.137 e. The van der Waals surface area contributed by atoms with Gasteiger partial charge in [0.15, 0.2) is 0 Å². The van der Waals surface area contributed by atoms with Crippen LogP contribution in [-0.2, 0) is 5.41 Å². The molecule has 0 amide bonds. The number of benzene rings is 9. The van der Waals surface area contributed by atoms with E-state index >= 15 is 0 Å². The fourth-order valence-electron chi connectivity index (χ4n) is 9.84. The lowest BCUT2D eigenvalue weighted by atomic mass is 9.60. The summed E-state index contributed by atoms with van der Waals surface area (Å²) in [6, 6.07) is 79.5. The lowest BCUT2D eigenvalue weighted by Gasteiger charge is -2.51. The Labute approximate surface area is 337 Å². The zero-order valence-electron chi connectivity index (χ0n) is 31.6. The molecule has 0 saturated carbocycles. The molecule has 0 saturated heterocycles. The molecule has 9 aromatic carbocycles. The highest BCUT2D eigenvalue weighted by atomic mass is 16.3. The Hall–Kier alpha value is -7.62. The Kier molecular flexibility index (Phi) is 7.14. The van der Waals surface area contributed by atoms with Gasteiger partial charge < -0.3 is 14.2 Å². The van der Waals surface area contributed by atoms with Crippen molar-refractivity contribution in [2.45, 2.75) is 5.41 Å². The van der Waals surface area contributed by atoms with Crippen molar-refractivity contribution in [3.63, 3.8) is 0 Å². The number of rotatable bonds is 4. The zero-order valence-corrected chi connectivity index (χ0v) is 31.6. The molecule has 0 unspecified atom stereocenters. The molecule has 272 valence electrons. The quantitative estimate of drug-likeness (QED) is 0.179. The van der Waals surface area contributed by atoms with E-state index in [0.717, 1.165) is 56.1 Å². The fourth-order valence-corrected chi connectivity index (χ4v) is 9.84. The topological polar surface area (TPSA) is 19.6 Å². The van der Waals surface area contributed by atoms with Gasteiger partial charge in [0.05, 0.1) is 39.2 Å². The van der Waals surface area contributed by atoms with Crippen LogP contribution in [0.15, 0.2) is 223 Å². The second-order valence-electron chi connectivity index (χ2n) is 15.2. The average Bonchev–Trinajstić information content (AvgIpc) is 3.69. The molecule has 2 aliphatic heterocycles. The lowest BCUT2D eigenvalue weighted by Crippen LogP contribution is -2.42.